The van der Waals surface area contributed by atoms with Gasteiger partial charge in [-0.25, -0.2) is 4.39 Å². The lowest BCUT2D eigenvalue weighted by molar-refractivity contribution is -0.127. The van der Waals surface area contributed by atoms with E-state index in [0.29, 0.717) is 13.0 Å². The van der Waals surface area contributed by atoms with Crippen molar-refractivity contribution >= 4 is 5.91 Å². The molecule has 1 amide bonds. The van der Waals surface area contributed by atoms with E-state index >= 15 is 0 Å². The van der Waals surface area contributed by atoms with E-state index in [2.05, 4.69) is 5.32 Å². The van der Waals surface area contributed by atoms with Crippen LogP contribution in [-0.4, -0.2) is 18.6 Å². The van der Waals surface area contributed by atoms with Crippen LogP contribution in [0.15, 0.2) is 18.2 Å². The molecule has 1 unspecified atom stereocenters. The van der Waals surface area contributed by atoms with E-state index in [1.807, 2.05) is 6.07 Å². The Morgan fingerprint density at radius 2 is 2.28 bits per heavy atom. The molecule has 1 fully saturated rings. The second kappa shape index (κ2) is 5.50. The van der Waals surface area contributed by atoms with Gasteiger partial charge in [0.25, 0.3) is 5.91 Å². The Morgan fingerprint density at radius 3 is 3.00 bits per heavy atom. The highest BCUT2D eigenvalue weighted by atomic mass is 19.1. The first-order valence-electron chi connectivity index (χ1n) is 5.85. The SMILES string of the molecule is N#Cc1ccc(OC2CCCCNC2=O)c(F)c1. The molecule has 1 aromatic carbocycles. The molecule has 0 bridgehead atoms. The molecule has 1 aromatic rings. The molecule has 1 heterocycles. The van der Waals surface area contributed by atoms with E-state index in [1.54, 1.807) is 0 Å². The lowest BCUT2D eigenvalue weighted by atomic mass is 10.1. The van der Waals surface area contributed by atoms with Crippen LogP contribution in [0.5, 0.6) is 5.75 Å². The predicted molar refractivity (Wildman–Crippen MR) is 62.4 cm³/mol. The third kappa shape index (κ3) is 2.77. The minimum Gasteiger partial charge on any atom is -0.478 e. The van der Waals surface area contributed by atoms with Crippen LogP contribution in [0.2, 0.25) is 0 Å². The Bertz CT molecular complexity index is 496. The quantitative estimate of drug-likeness (QED) is 0.867. The zero-order valence-electron chi connectivity index (χ0n) is 9.78. The third-order valence-electron chi connectivity index (χ3n) is 2.81. The molecule has 5 heteroatoms. The zero-order chi connectivity index (χ0) is 13.0. The fourth-order valence-electron chi connectivity index (χ4n) is 1.84. The summed E-state index contributed by atoms with van der Waals surface area (Å²) in [7, 11) is 0. The lowest BCUT2D eigenvalue weighted by Gasteiger charge is -2.16. The number of hydrogen-bond donors (Lipinski definition) is 1. The number of carbonyl (C=O) groups excluding carboxylic acids is 1. The number of hydrogen-bond acceptors (Lipinski definition) is 3. The maximum Gasteiger partial charge on any atom is 0.261 e. The summed E-state index contributed by atoms with van der Waals surface area (Å²) in [4.78, 5) is 11.6. The van der Waals surface area contributed by atoms with Gasteiger partial charge >= 0.3 is 0 Å². The summed E-state index contributed by atoms with van der Waals surface area (Å²) in [6.07, 6.45) is 1.68. The molecule has 94 valence electrons. The molecule has 2 rings (SSSR count). The van der Waals surface area contributed by atoms with Crippen molar-refractivity contribution in [1.29, 1.82) is 5.26 Å². The predicted octanol–water partition coefficient (Wildman–Crippen LogP) is 1.74. The van der Waals surface area contributed by atoms with E-state index in [0.717, 1.165) is 18.9 Å². The van der Waals surface area contributed by atoms with Gasteiger partial charge in [-0.1, -0.05) is 0 Å². The number of ether oxygens (including phenoxy) is 1. The smallest absolute Gasteiger partial charge is 0.261 e. The minimum atomic E-state index is -0.657. The molecular weight excluding hydrogens is 235 g/mol. The topological polar surface area (TPSA) is 62.1 Å². The van der Waals surface area contributed by atoms with Crippen molar-refractivity contribution in [2.75, 3.05) is 6.54 Å². The van der Waals surface area contributed by atoms with Gasteiger partial charge in [0.1, 0.15) is 0 Å². The Balaban J connectivity index is 2.13. The molecule has 0 spiro atoms. The van der Waals surface area contributed by atoms with Crippen LogP contribution >= 0.6 is 0 Å². The van der Waals surface area contributed by atoms with Crippen molar-refractivity contribution in [2.24, 2.45) is 0 Å². The van der Waals surface area contributed by atoms with Gasteiger partial charge in [0.15, 0.2) is 17.7 Å². The van der Waals surface area contributed by atoms with Crippen molar-refractivity contribution in [2.45, 2.75) is 25.4 Å². The highest BCUT2D eigenvalue weighted by molar-refractivity contribution is 5.81. The summed E-state index contributed by atoms with van der Waals surface area (Å²) < 4.78 is 19.0. The third-order valence-corrected chi connectivity index (χ3v) is 2.81. The first-order valence-corrected chi connectivity index (χ1v) is 5.85. The van der Waals surface area contributed by atoms with Crippen molar-refractivity contribution < 1.29 is 13.9 Å². The Hall–Kier alpha value is -2.09. The summed E-state index contributed by atoms with van der Waals surface area (Å²) in [5, 5.41) is 11.4. The van der Waals surface area contributed by atoms with Gasteiger partial charge in [-0.2, -0.15) is 5.26 Å². The first-order chi connectivity index (χ1) is 8.70. The molecule has 0 radical (unpaired) electrons. The summed E-state index contributed by atoms with van der Waals surface area (Å²) in [6.45, 7) is 0.633. The molecule has 1 aliphatic rings. The molecule has 0 aromatic heterocycles. The number of nitriles is 1. The molecule has 1 atom stereocenters. The number of carbonyl (C=O) groups is 1. The molecule has 0 saturated carbocycles. The van der Waals surface area contributed by atoms with Crippen LogP contribution < -0.4 is 10.1 Å². The van der Waals surface area contributed by atoms with Crippen LogP contribution in [0.3, 0.4) is 0 Å². The zero-order valence-corrected chi connectivity index (χ0v) is 9.78. The highest BCUT2D eigenvalue weighted by Crippen LogP contribution is 2.21. The summed E-state index contributed by atoms with van der Waals surface area (Å²) in [5.41, 5.74) is 0.227. The average Bonchev–Trinajstić information content (AvgIpc) is 2.57. The van der Waals surface area contributed by atoms with Gasteiger partial charge in [0.2, 0.25) is 0 Å². The second-order valence-electron chi connectivity index (χ2n) is 4.15. The number of nitrogens with zero attached hydrogens (tertiary/aromatic N) is 1. The van der Waals surface area contributed by atoms with Crippen LogP contribution in [0.4, 0.5) is 4.39 Å². The van der Waals surface area contributed by atoms with Gasteiger partial charge in [0, 0.05) is 6.54 Å². The van der Waals surface area contributed by atoms with Crippen LogP contribution in [0.25, 0.3) is 0 Å². The standard InChI is InChI=1S/C13H13FN2O2/c14-10-7-9(8-15)4-5-11(10)18-12-3-1-2-6-16-13(12)17/h4-5,7,12H,1-3,6H2,(H,16,17). The Labute approximate surface area is 104 Å². The highest BCUT2D eigenvalue weighted by Gasteiger charge is 2.23. The normalized spacial score (nSPS) is 19.6. The number of rotatable bonds is 2. The van der Waals surface area contributed by atoms with Gasteiger partial charge < -0.3 is 10.1 Å². The van der Waals surface area contributed by atoms with Crippen LogP contribution in [0, 0.1) is 17.1 Å². The molecule has 1 N–H and O–H groups in total. The van der Waals surface area contributed by atoms with Crippen molar-refractivity contribution in [3.8, 4) is 11.8 Å². The van der Waals surface area contributed by atoms with Gasteiger partial charge in [-0.3, -0.25) is 4.79 Å². The van der Waals surface area contributed by atoms with Crippen LogP contribution in [-0.2, 0) is 4.79 Å². The largest absolute Gasteiger partial charge is 0.478 e. The molecule has 1 saturated heterocycles. The maximum atomic E-state index is 13.6. The van der Waals surface area contributed by atoms with Gasteiger partial charge in [0.05, 0.1) is 11.6 Å². The first kappa shape index (κ1) is 12.4. The Morgan fingerprint density at radius 1 is 1.44 bits per heavy atom. The van der Waals surface area contributed by atoms with E-state index in [-0.39, 0.29) is 17.2 Å². The molecule has 0 aliphatic carbocycles. The number of nitrogens with one attached hydrogen (secondary N) is 1. The minimum absolute atomic E-state index is 0.0102. The van der Waals surface area contributed by atoms with E-state index in [1.165, 1.54) is 12.1 Å². The number of halogens is 1. The molecule has 1 aliphatic heterocycles. The van der Waals surface area contributed by atoms with Gasteiger partial charge in [-0.15, -0.1) is 0 Å². The van der Waals surface area contributed by atoms with Gasteiger partial charge in [-0.05, 0) is 37.5 Å². The summed E-state index contributed by atoms with van der Waals surface area (Å²) in [5.74, 6) is -0.821. The van der Waals surface area contributed by atoms with Crippen LogP contribution in [0.1, 0.15) is 24.8 Å². The monoisotopic (exact) mass is 248 g/mol. The fourth-order valence-corrected chi connectivity index (χ4v) is 1.84. The summed E-state index contributed by atoms with van der Waals surface area (Å²) >= 11 is 0. The number of amides is 1. The lowest BCUT2D eigenvalue weighted by Crippen LogP contribution is -2.36. The van der Waals surface area contributed by atoms with E-state index in [9.17, 15) is 9.18 Å². The van der Waals surface area contributed by atoms with E-state index in [4.69, 9.17) is 10.00 Å². The van der Waals surface area contributed by atoms with Crippen molar-refractivity contribution in [3.63, 3.8) is 0 Å². The molecular formula is C13H13FN2O2. The number of benzene rings is 1. The van der Waals surface area contributed by atoms with E-state index < -0.39 is 11.9 Å². The Kier molecular flexibility index (Phi) is 3.78. The average molecular weight is 248 g/mol. The summed E-state index contributed by atoms with van der Waals surface area (Å²) in [6, 6.07) is 5.79. The van der Waals surface area contributed by atoms with Crippen molar-refractivity contribution in [3.05, 3.63) is 29.6 Å². The van der Waals surface area contributed by atoms with Crippen molar-refractivity contribution in [1.82, 2.24) is 5.32 Å². The second-order valence-corrected chi connectivity index (χ2v) is 4.15. The maximum absolute atomic E-state index is 13.6. The molecule has 18 heavy (non-hydrogen) atoms. The fraction of sp³-hybridized carbons (Fsp3) is 0.385. The molecule has 4 nitrogen and oxygen atoms in total.